The molecule has 0 aliphatic carbocycles. The van der Waals surface area contributed by atoms with Crippen LogP contribution in [0.2, 0.25) is 0 Å². The van der Waals surface area contributed by atoms with Gasteiger partial charge in [0.05, 0.1) is 12.9 Å². The molecule has 11 nitrogen and oxygen atoms in total. The van der Waals surface area contributed by atoms with Crippen LogP contribution in [-0.2, 0) is 40.3 Å². The van der Waals surface area contributed by atoms with E-state index in [4.69, 9.17) is 9.57 Å². The van der Waals surface area contributed by atoms with Crippen LogP contribution in [0.4, 0.5) is 0 Å². The second-order valence-electron chi connectivity index (χ2n) is 7.00. The second-order valence-corrected chi connectivity index (χ2v) is 11.3. The zero-order valence-corrected chi connectivity index (χ0v) is 19.0. The molecule has 4 atom stereocenters. The van der Waals surface area contributed by atoms with Gasteiger partial charge in [-0.3, -0.25) is 4.79 Å². The maximum Gasteiger partial charge on any atom is 0.380 e. The number of carboxylic acids is 1. The molecular weight excluding hydrogens is 506 g/mol. The van der Waals surface area contributed by atoms with Gasteiger partial charge in [-0.05, 0) is 6.42 Å². The van der Waals surface area contributed by atoms with Crippen LogP contribution < -0.4 is 5.11 Å². The minimum absolute atomic E-state index is 0.0544. The largest absolute Gasteiger partial charge is 0.540 e. The van der Waals surface area contributed by atoms with E-state index < -0.39 is 48.1 Å². The Morgan fingerprint density at radius 2 is 2.20 bits per heavy atom. The zero-order valence-electron chi connectivity index (χ0n) is 15.7. The van der Waals surface area contributed by atoms with Crippen molar-refractivity contribution in [3.8, 4) is 0 Å². The Morgan fingerprint density at radius 3 is 2.77 bits per heavy atom. The first-order chi connectivity index (χ1) is 14.0. The highest BCUT2D eigenvalue weighted by Gasteiger charge is 2.83. The van der Waals surface area contributed by atoms with Crippen molar-refractivity contribution in [3.05, 3.63) is 23.0 Å². The number of quaternary nitrogens is 1. The Morgan fingerprint density at radius 1 is 1.50 bits per heavy atom. The lowest BCUT2D eigenvalue weighted by Crippen LogP contribution is -2.80. The average molecular weight is 522 g/mol. The molecule has 0 N–H and O–H groups in total. The van der Waals surface area contributed by atoms with Crippen molar-refractivity contribution in [1.29, 1.82) is 0 Å². The molecule has 0 spiro atoms. The fourth-order valence-electron chi connectivity index (χ4n) is 3.99. The molecule has 14 heteroatoms. The highest BCUT2D eigenvalue weighted by atomic mass is 79.9. The second kappa shape index (κ2) is 6.88. The number of rotatable bonds is 5. The van der Waals surface area contributed by atoms with E-state index in [1.54, 1.807) is 0 Å². The molecule has 0 aromatic carbocycles. The number of ether oxygens (including phenoxy) is 1. The van der Waals surface area contributed by atoms with Crippen molar-refractivity contribution >= 4 is 55.4 Å². The summed E-state index contributed by atoms with van der Waals surface area (Å²) >= 11 is 4.36. The molecule has 3 aliphatic rings. The fraction of sp³-hybridized carbons (Fsp3) is 0.500. The van der Waals surface area contributed by atoms with E-state index in [9.17, 15) is 27.9 Å². The van der Waals surface area contributed by atoms with E-state index in [-0.39, 0.29) is 22.3 Å². The molecule has 0 radical (unpaired) electrons. The lowest BCUT2D eigenvalue weighted by atomic mass is 9.88. The predicted octanol–water partition coefficient (Wildman–Crippen LogP) is -0.619. The smallest absolute Gasteiger partial charge is 0.380 e. The van der Waals surface area contributed by atoms with Crippen LogP contribution in [0.1, 0.15) is 25.1 Å². The van der Waals surface area contributed by atoms with Gasteiger partial charge in [-0.15, -0.1) is 0 Å². The number of aromatic nitrogens is 2. The van der Waals surface area contributed by atoms with Crippen LogP contribution in [0, 0.1) is 0 Å². The Kier molecular flexibility index (Phi) is 4.93. The van der Waals surface area contributed by atoms with Gasteiger partial charge in [0.1, 0.15) is 11.7 Å². The third-order valence-electron chi connectivity index (χ3n) is 5.27. The van der Waals surface area contributed by atoms with E-state index in [0.717, 1.165) is 18.7 Å². The van der Waals surface area contributed by atoms with Crippen LogP contribution in [0.25, 0.3) is 0 Å². The Balaban J connectivity index is 1.80. The summed E-state index contributed by atoms with van der Waals surface area (Å²) in [4.78, 5) is 46.1. The van der Waals surface area contributed by atoms with Crippen molar-refractivity contribution in [2.75, 3.05) is 12.9 Å². The Hall–Kier alpha value is -1.74. The van der Waals surface area contributed by atoms with Crippen molar-refractivity contribution in [1.82, 2.24) is 9.55 Å². The molecule has 4 rings (SSSR count). The van der Waals surface area contributed by atoms with Crippen LogP contribution in [-0.4, -0.2) is 63.0 Å². The maximum absolute atomic E-state index is 13.3. The lowest BCUT2D eigenvalue weighted by Gasteiger charge is -2.52. The number of carboxylic acid groups (broad SMARTS) is 1. The molecule has 30 heavy (non-hydrogen) atoms. The number of fused-ring (bicyclic) bond motifs is 2. The van der Waals surface area contributed by atoms with Gasteiger partial charge in [0.2, 0.25) is 26.1 Å². The van der Waals surface area contributed by atoms with Gasteiger partial charge >= 0.3 is 11.9 Å². The number of alkyl halides is 1. The van der Waals surface area contributed by atoms with Crippen LogP contribution in [0.5, 0.6) is 0 Å². The van der Waals surface area contributed by atoms with Crippen LogP contribution in [0.15, 0.2) is 22.5 Å². The molecule has 1 fully saturated rings. The third kappa shape index (κ3) is 2.67. The monoisotopic (exact) mass is 521 g/mol. The molecule has 3 unspecified atom stereocenters. The summed E-state index contributed by atoms with van der Waals surface area (Å²) in [6.07, 6.45) is 0.523. The molecule has 1 aromatic heterocycles. The first-order valence-corrected chi connectivity index (χ1v) is 12.1. The number of amides is 1. The number of hydroxylamine groups is 3. The van der Waals surface area contributed by atoms with Crippen LogP contribution >= 0.6 is 27.7 Å². The normalized spacial score (nSPS) is 32.4. The van der Waals surface area contributed by atoms with Gasteiger partial charge in [-0.2, -0.15) is 4.84 Å². The molecular formula is C16H16BrN3O8S2. The van der Waals surface area contributed by atoms with Crippen molar-refractivity contribution in [2.24, 2.45) is 0 Å². The van der Waals surface area contributed by atoms with E-state index in [1.807, 2.05) is 0 Å². The molecule has 1 amide bonds. The third-order valence-corrected chi connectivity index (χ3v) is 9.75. The van der Waals surface area contributed by atoms with Gasteiger partial charge in [0.15, 0.2) is 6.10 Å². The van der Waals surface area contributed by atoms with E-state index in [0.29, 0.717) is 13.0 Å². The number of nitrogens with zero attached hydrogens (tertiary/aromatic N) is 3. The number of halogens is 1. The summed E-state index contributed by atoms with van der Waals surface area (Å²) in [6, 6.07) is 0. The van der Waals surface area contributed by atoms with Gasteiger partial charge in [-0.25, -0.2) is 18.2 Å². The minimum Gasteiger partial charge on any atom is -0.540 e. The summed E-state index contributed by atoms with van der Waals surface area (Å²) in [5.41, 5.74) is -0.312. The molecule has 3 aliphatic heterocycles. The average Bonchev–Trinajstić information content (AvgIpc) is 3.26. The summed E-state index contributed by atoms with van der Waals surface area (Å²) in [5.74, 6) is -3.09. The van der Waals surface area contributed by atoms with Gasteiger partial charge in [0.25, 0.3) is 4.32 Å². The fourth-order valence-corrected chi connectivity index (χ4v) is 8.03. The summed E-state index contributed by atoms with van der Waals surface area (Å²) in [5, 5.41) is 11.7. The molecule has 0 bridgehead atoms. The summed E-state index contributed by atoms with van der Waals surface area (Å²) < 4.78 is 29.0. The van der Waals surface area contributed by atoms with Gasteiger partial charge in [-0.1, -0.05) is 32.3 Å². The number of aliphatic carboxylic acids is 1. The Bertz CT molecular complexity index is 1120. The minimum atomic E-state index is -3.60. The topological polar surface area (TPSA) is 145 Å². The van der Waals surface area contributed by atoms with Crippen molar-refractivity contribution < 1.29 is 42.1 Å². The SMILES string of the molecule is CO[N+]12C(=O)C(Br)(C(OC(C)=O)c3cn4c(n3)S(=O)(=O)CCC4)[C@H]1SC=C2C(=O)[O-]. The lowest BCUT2D eigenvalue weighted by molar-refractivity contribution is -1.04. The van der Waals surface area contributed by atoms with Gasteiger partial charge < -0.3 is 19.2 Å². The first kappa shape index (κ1) is 21.5. The Labute approximate surface area is 183 Å². The number of aryl methyl sites for hydroxylation is 1. The standard InChI is InChI=1S/C16H16BrN3O8S2/c1-8(21)28-11(9-6-19-4-3-5-30(25,26)15(19)18-9)16(17)13(24)20(27-2)10(12(22)23)7-29-14(16)20/h6-7,11,14H,3-5H2,1-2H3/t11?,14-,16?,20?/m1/s1. The molecule has 4 heterocycles. The number of thioether (sulfide) groups is 1. The van der Waals surface area contributed by atoms with E-state index in [1.165, 1.54) is 23.3 Å². The highest BCUT2D eigenvalue weighted by molar-refractivity contribution is 9.10. The van der Waals surface area contributed by atoms with Gasteiger partial charge in [0, 0.05) is 25.1 Å². The number of hydrogen-bond donors (Lipinski definition) is 0. The van der Waals surface area contributed by atoms with Crippen molar-refractivity contribution in [2.45, 2.75) is 40.8 Å². The number of sulfone groups is 1. The van der Waals surface area contributed by atoms with Crippen molar-refractivity contribution in [3.63, 3.8) is 0 Å². The number of hydrogen-bond acceptors (Lipinski definition) is 10. The zero-order chi connectivity index (χ0) is 22.1. The first-order valence-electron chi connectivity index (χ1n) is 8.73. The predicted molar refractivity (Wildman–Crippen MR) is 102 cm³/mol. The number of carbonyl (C=O) groups excluding carboxylic acids is 3. The molecule has 1 saturated heterocycles. The van der Waals surface area contributed by atoms with E-state index in [2.05, 4.69) is 20.9 Å². The number of carbonyl (C=O) groups is 3. The van der Waals surface area contributed by atoms with Crippen LogP contribution in [0.3, 0.4) is 0 Å². The summed E-state index contributed by atoms with van der Waals surface area (Å²) in [6.45, 7) is 1.55. The molecule has 162 valence electrons. The quantitative estimate of drug-likeness (QED) is 0.212. The molecule has 1 aromatic rings. The maximum atomic E-state index is 13.3. The summed E-state index contributed by atoms with van der Waals surface area (Å²) in [7, 11) is -2.42. The number of esters is 1. The molecule has 0 saturated carbocycles. The van der Waals surface area contributed by atoms with E-state index >= 15 is 0 Å². The number of imidazole rings is 1. The number of β-lactam (4-membered cyclic amide) rings is 1. The highest BCUT2D eigenvalue weighted by Crippen LogP contribution is 2.62.